The number of nitrogen functional groups attached to an aromatic ring is 1. The number of nitrogens with zero attached hydrogens (tertiary/aromatic N) is 2. The largest absolute Gasteiger partial charge is 0.478 e. The van der Waals surface area contributed by atoms with Gasteiger partial charge in [0.1, 0.15) is 5.82 Å². The van der Waals surface area contributed by atoms with E-state index >= 15 is 0 Å². The Morgan fingerprint density at radius 1 is 1.29 bits per heavy atom. The molecule has 0 radical (unpaired) electrons. The Labute approximate surface area is 119 Å². The van der Waals surface area contributed by atoms with Crippen molar-refractivity contribution in [2.45, 2.75) is 6.54 Å². The molecular formula is C13H12N4O4. The minimum atomic E-state index is -0.987. The van der Waals surface area contributed by atoms with Crippen molar-refractivity contribution in [3.8, 4) is 0 Å². The molecule has 0 bridgehead atoms. The van der Waals surface area contributed by atoms with E-state index in [4.69, 9.17) is 10.8 Å². The number of pyridine rings is 1. The van der Waals surface area contributed by atoms with Gasteiger partial charge in [-0.2, -0.15) is 0 Å². The summed E-state index contributed by atoms with van der Waals surface area (Å²) >= 11 is 0. The average molecular weight is 288 g/mol. The molecule has 108 valence electrons. The number of aromatic carboxylic acids is 1. The van der Waals surface area contributed by atoms with Crippen LogP contribution in [0.1, 0.15) is 15.9 Å². The Bertz CT molecular complexity index is 685. The number of aromatic nitrogens is 1. The fourth-order valence-electron chi connectivity index (χ4n) is 1.68. The highest BCUT2D eigenvalue weighted by atomic mass is 16.6. The molecule has 1 aromatic heterocycles. The Balaban J connectivity index is 2.04. The van der Waals surface area contributed by atoms with Crippen LogP contribution in [0.4, 0.5) is 17.3 Å². The fourth-order valence-corrected chi connectivity index (χ4v) is 1.68. The number of hydrogen-bond donors (Lipinski definition) is 3. The number of carboxylic acid groups (broad SMARTS) is 1. The molecule has 0 saturated carbocycles. The lowest BCUT2D eigenvalue weighted by molar-refractivity contribution is -0.384. The van der Waals surface area contributed by atoms with E-state index in [9.17, 15) is 14.9 Å². The van der Waals surface area contributed by atoms with Crippen LogP contribution < -0.4 is 11.1 Å². The maximum absolute atomic E-state index is 10.7. The number of nitrogens with two attached hydrogens (primary N) is 1. The first kappa shape index (κ1) is 14.3. The molecule has 0 saturated heterocycles. The second-order valence-electron chi connectivity index (χ2n) is 4.21. The molecule has 2 aromatic rings. The first-order valence-corrected chi connectivity index (χ1v) is 5.94. The predicted molar refractivity (Wildman–Crippen MR) is 76.0 cm³/mol. The van der Waals surface area contributed by atoms with Crippen molar-refractivity contribution in [1.82, 2.24) is 4.98 Å². The highest BCUT2D eigenvalue weighted by Gasteiger charge is 2.12. The zero-order valence-corrected chi connectivity index (χ0v) is 10.8. The molecule has 0 atom stereocenters. The van der Waals surface area contributed by atoms with Gasteiger partial charge in [-0.25, -0.2) is 9.78 Å². The summed E-state index contributed by atoms with van der Waals surface area (Å²) in [7, 11) is 0. The molecule has 0 aliphatic carbocycles. The molecule has 0 spiro atoms. The van der Waals surface area contributed by atoms with Gasteiger partial charge >= 0.3 is 11.7 Å². The van der Waals surface area contributed by atoms with Gasteiger partial charge in [0.25, 0.3) is 0 Å². The first-order valence-electron chi connectivity index (χ1n) is 5.94. The number of hydrogen-bond acceptors (Lipinski definition) is 6. The van der Waals surface area contributed by atoms with Crippen LogP contribution in [-0.2, 0) is 6.54 Å². The lowest BCUT2D eigenvalue weighted by Crippen LogP contribution is -2.05. The van der Waals surface area contributed by atoms with Gasteiger partial charge in [0.2, 0.25) is 5.82 Å². The summed E-state index contributed by atoms with van der Waals surface area (Å²) < 4.78 is 0. The van der Waals surface area contributed by atoms with E-state index in [1.165, 1.54) is 24.3 Å². The Hall–Kier alpha value is -3.16. The molecule has 21 heavy (non-hydrogen) atoms. The maximum Gasteiger partial charge on any atom is 0.335 e. The molecular weight excluding hydrogens is 276 g/mol. The molecule has 0 amide bonds. The number of rotatable bonds is 5. The van der Waals surface area contributed by atoms with Gasteiger partial charge in [0, 0.05) is 12.6 Å². The zero-order chi connectivity index (χ0) is 15.4. The van der Waals surface area contributed by atoms with Crippen LogP contribution in [0.2, 0.25) is 0 Å². The van der Waals surface area contributed by atoms with Gasteiger partial charge in [-0.3, -0.25) is 10.1 Å². The molecule has 0 unspecified atom stereocenters. The van der Waals surface area contributed by atoms with Crippen molar-refractivity contribution in [3.05, 3.63) is 57.6 Å². The summed E-state index contributed by atoms with van der Waals surface area (Å²) in [6.45, 7) is 0.393. The number of benzene rings is 1. The van der Waals surface area contributed by atoms with Crippen molar-refractivity contribution >= 4 is 23.3 Å². The number of carbonyl (C=O) groups is 1. The van der Waals surface area contributed by atoms with Gasteiger partial charge in [-0.1, -0.05) is 12.1 Å². The quantitative estimate of drug-likeness (QED) is 0.565. The Morgan fingerprint density at radius 3 is 2.48 bits per heavy atom. The van der Waals surface area contributed by atoms with Gasteiger partial charge in [-0.05, 0) is 23.8 Å². The maximum atomic E-state index is 10.7. The molecule has 0 aliphatic rings. The summed E-state index contributed by atoms with van der Waals surface area (Å²) in [5, 5.41) is 22.4. The van der Waals surface area contributed by atoms with Crippen LogP contribution in [0, 0.1) is 10.1 Å². The van der Waals surface area contributed by atoms with Crippen molar-refractivity contribution in [2.75, 3.05) is 11.1 Å². The second-order valence-corrected chi connectivity index (χ2v) is 4.21. The van der Waals surface area contributed by atoms with E-state index in [1.54, 1.807) is 12.1 Å². The third kappa shape index (κ3) is 3.44. The number of nitrogens with one attached hydrogen (secondary N) is 1. The monoisotopic (exact) mass is 288 g/mol. The van der Waals surface area contributed by atoms with Crippen molar-refractivity contribution < 1.29 is 14.8 Å². The minimum Gasteiger partial charge on any atom is -0.478 e. The lowest BCUT2D eigenvalue weighted by atomic mass is 10.1. The molecule has 0 fully saturated rings. The van der Waals surface area contributed by atoms with Gasteiger partial charge in [-0.15, -0.1) is 0 Å². The standard InChI is InChI=1S/C13H12N4O4/c14-12-10(17(20)21)5-6-11(16-12)15-7-8-1-3-9(4-2-8)13(18)19/h1-6H,7H2,(H,18,19)(H3,14,15,16). The van der Waals surface area contributed by atoms with E-state index in [2.05, 4.69) is 10.3 Å². The first-order chi connectivity index (χ1) is 9.97. The SMILES string of the molecule is Nc1nc(NCc2ccc(C(=O)O)cc2)ccc1[N+](=O)[O-]. The third-order valence-corrected chi connectivity index (χ3v) is 2.77. The summed E-state index contributed by atoms with van der Waals surface area (Å²) in [5.41, 5.74) is 6.29. The fraction of sp³-hybridized carbons (Fsp3) is 0.0769. The minimum absolute atomic E-state index is 0.161. The summed E-state index contributed by atoms with van der Waals surface area (Å²) in [5.74, 6) is -0.744. The summed E-state index contributed by atoms with van der Waals surface area (Å²) in [6, 6.07) is 9.07. The van der Waals surface area contributed by atoms with E-state index in [1.807, 2.05) is 0 Å². The molecule has 0 aliphatic heterocycles. The Morgan fingerprint density at radius 2 is 1.95 bits per heavy atom. The predicted octanol–water partition coefficient (Wildman–Crippen LogP) is 1.88. The van der Waals surface area contributed by atoms with Crippen LogP contribution in [0.5, 0.6) is 0 Å². The average Bonchev–Trinajstić information content (AvgIpc) is 2.45. The van der Waals surface area contributed by atoms with Crippen LogP contribution >= 0.6 is 0 Å². The lowest BCUT2D eigenvalue weighted by Gasteiger charge is -2.06. The van der Waals surface area contributed by atoms with Gasteiger partial charge in [0.05, 0.1) is 10.5 Å². The van der Waals surface area contributed by atoms with Crippen molar-refractivity contribution in [3.63, 3.8) is 0 Å². The third-order valence-electron chi connectivity index (χ3n) is 2.77. The highest BCUT2D eigenvalue weighted by molar-refractivity contribution is 5.87. The smallest absolute Gasteiger partial charge is 0.335 e. The zero-order valence-electron chi connectivity index (χ0n) is 10.8. The number of nitro groups is 1. The molecule has 2 rings (SSSR count). The van der Waals surface area contributed by atoms with Crippen LogP contribution in [0.15, 0.2) is 36.4 Å². The summed E-state index contributed by atoms with van der Waals surface area (Å²) in [6.07, 6.45) is 0. The summed E-state index contributed by atoms with van der Waals surface area (Å²) in [4.78, 5) is 24.6. The Kier molecular flexibility index (Phi) is 3.98. The highest BCUT2D eigenvalue weighted by Crippen LogP contribution is 2.21. The number of anilines is 2. The van der Waals surface area contributed by atoms with Crippen LogP contribution in [0.3, 0.4) is 0 Å². The van der Waals surface area contributed by atoms with Gasteiger partial charge < -0.3 is 16.2 Å². The van der Waals surface area contributed by atoms with Crippen LogP contribution in [0.25, 0.3) is 0 Å². The molecule has 4 N–H and O–H groups in total. The molecule has 1 aromatic carbocycles. The normalized spacial score (nSPS) is 10.1. The molecule has 1 heterocycles. The van der Waals surface area contributed by atoms with Crippen LogP contribution in [-0.4, -0.2) is 21.0 Å². The topological polar surface area (TPSA) is 131 Å². The second kappa shape index (κ2) is 5.87. The van der Waals surface area contributed by atoms with Crippen molar-refractivity contribution in [1.29, 1.82) is 0 Å². The van der Waals surface area contributed by atoms with E-state index in [-0.39, 0.29) is 17.1 Å². The van der Waals surface area contributed by atoms with Gasteiger partial charge in [0.15, 0.2) is 0 Å². The number of carboxylic acids is 1. The molecule has 8 heteroatoms. The van der Waals surface area contributed by atoms with E-state index < -0.39 is 10.9 Å². The van der Waals surface area contributed by atoms with E-state index in [0.29, 0.717) is 12.4 Å². The van der Waals surface area contributed by atoms with Crippen molar-refractivity contribution in [2.24, 2.45) is 0 Å². The molecule has 8 nitrogen and oxygen atoms in total. The van der Waals surface area contributed by atoms with E-state index in [0.717, 1.165) is 5.56 Å².